The van der Waals surface area contributed by atoms with Gasteiger partial charge in [0.05, 0.1) is 4.92 Å². The highest BCUT2D eigenvalue weighted by Crippen LogP contribution is 2.48. The molecule has 0 bridgehead atoms. The molecule has 0 spiro atoms. The van der Waals surface area contributed by atoms with Gasteiger partial charge in [0.15, 0.2) is 0 Å². The molecular formula is C18H15N3O9S. The molecular weight excluding hydrogens is 434 g/mol. The topological polar surface area (TPSA) is 177 Å². The van der Waals surface area contributed by atoms with Crippen LogP contribution in [-0.2, 0) is 23.9 Å². The Hall–Kier alpha value is -3.74. The summed E-state index contributed by atoms with van der Waals surface area (Å²) < 4.78 is 4.83. The van der Waals surface area contributed by atoms with Gasteiger partial charge >= 0.3 is 17.9 Å². The number of hydrogen-bond acceptors (Lipinski definition) is 9. The van der Waals surface area contributed by atoms with Crippen LogP contribution in [0.4, 0.5) is 5.69 Å². The second-order valence-corrected chi connectivity index (χ2v) is 7.62. The van der Waals surface area contributed by atoms with E-state index in [-0.39, 0.29) is 23.6 Å². The minimum absolute atomic E-state index is 0.0193. The number of hydrogen-bond donors (Lipinski definition) is 2. The van der Waals surface area contributed by atoms with E-state index in [0.717, 1.165) is 29.8 Å². The van der Waals surface area contributed by atoms with Crippen molar-refractivity contribution in [1.29, 1.82) is 0 Å². The van der Waals surface area contributed by atoms with Crippen molar-refractivity contribution in [2.45, 2.75) is 17.8 Å². The Morgan fingerprint density at radius 1 is 1.35 bits per heavy atom. The molecule has 0 saturated carbocycles. The van der Waals surface area contributed by atoms with Crippen LogP contribution in [0.2, 0.25) is 0 Å². The van der Waals surface area contributed by atoms with Crippen LogP contribution in [0.15, 0.2) is 40.5 Å². The predicted molar refractivity (Wildman–Crippen MR) is 105 cm³/mol. The number of carboxylic acids is 2. The van der Waals surface area contributed by atoms with Gasteiger partial charge in [-0.3, -0.25) is 29.6 Å². The van der Waals surface area contributed by atoms with Gasteiger partial charge in [0.1, 0.15) is 17.7 Å². The van der Waals surface area contributed by atoms with Crippen LogP contribution in [0.3, 0.4) is 0 Å². The number of β-lactam (4-membered cyclic amide) rings is 1. The first kappa shape index (κ1) is 22.0. The number of nitrogens with zero attached hydrogens (tertiary/aromatic N) is 3. The maximum absolute atomic E-state index is 12.8. The lowest BCUT2D eigenvalue weighted by atomic mass is 9.86. The Kier molecular flexibility index (Phi) is 5.79. The zero-order chi connectivity index (χ0) is 22.9. The van der Waals surface area contributed by atoms with Crippen molar-refractivity contribution < 1.29 is 39.1 Å². The number of thioether (sulfide) groups is 1. The summed E-state index contributed by atoms with van der Waals surface area (Å²) in [5.74, 6) is -4.68. The summed E-state index contributed by atoms with van der Waals surface area (Å²) in [6.45, 7) is 0.809. The largest absolute Gasteiger partial charge is 0.479 e. The fraction of sp³-hybridized carbons (Fsp3) is 0.278. The molecule has 2 aliphatic heterocycles. The van der Waals surface area contributed by atoms with Crippen molar-refractivity contribution in [3.05, 3.63) is 51.2 Å². The molecule has 0 aliphatic carbocycles. The van der Waals surface area contributed by atoms with Gasteiger partial charge in [-0.2, -0.15) is 0 Å². The van der Waals surface area contributed by atoms with Crippen LogP contribution in [0, 0.1) is 10.1 Å². The molecule has 31 heavy (non-hydrogen) atoms. The van der Waals surface area contributed by atoms with Crippen molar-refractivity contribution in [3.8, 4) is 0 Å². The maximum Gasteiger partial charge on any atom is 0.352 e. The van der Waals surface area contributed by atoms with E-state index in [1.165, 1.54) is 24.3 Å². The van der Waals surface area contributed by atoms with E-state index in [4.69, 9.17) is 4.74 Å². The summed E-state index contributed by atoms with van der Waals surface area (Å²) in [5.41, 5.74) is -2.37. The molecule has 2 N–H and O–H groups in total. The van der Waals surface area contributed by atoms with Crippen LogP contribution in [0.25, 0.3) is 0 Å². The number of rotatable bonds is 7. The lowest BCUT2D eigenvalue weighted by Crippen LogP contribution is -2.76. The van der Waals surface area contributed by atoms with Crippen LogP contribution in [0.5, 0.6) is 0 Å². The Morgan fingerprint density at radius 2 is 2.00 bits per heavy atom. The number of aliphatic imine (C=N–C) groups is 1. The normalized spacial score (nSPS) is 22.7. The Morgan fingerprint density at radius 3 is 2.52 bits per heavy atom. The number of aliphatic carboxylic acids is 2. The zero-order valence-corrected chi connectivity index (χ0v) is 16.7. The molecule has 0 radical (unpaired) electrons. The van der Waals surface area contributed by atoms with Crippen LogP contribution in [0.1, 0.15) is 12.5 Å². The highest BCUT2D eigenvalue weighted by atomic mass is 32.2. The number of carbonyl (C=O) groups is 4. The minimum atomic E-state index is -2.25. The summed E-state index contributed by atoms with van der Waals surface area (Å²) in [6.07, 6.45) is 1.10. The summed E-state index contributed by atoms with van der Waals surface area (Å²) in [4.78, 5) is 62.6. The van der Waals surface area contributed by atoms with Gasteiger partial charge in [0.2, 0.25) is 0 Å². The molecule has 1 saturated heterocycles. The fourth-order valence-electron chi connectivity index (χ4n) is 3.13. The Labute approximate surface area is 178 Å². The first-order valence-corrected chi connectivity index (χ1v) is 9.71. The number of fused-ring (bicyclic) bond motifs is 1. The lowest BCUT2D eigenvalue weighted by Gasteiger charge is -2.52. The maximum atomic E-state index is 12.8. The van der Waals surface area contributed by atoms with Crippen molar-refractivity contribution in [3.63, 3.8) is 0 Å². The predicted octanol–water partition coefficient (Wildman–Crippen LogP) is 0.654. The molecule has 2 atom stereocenters. The van der Waals surface area contributed by atoms with Crippen molar-refractivity contribution >= 4 is 47.5 Å². The van der Waals surface area contributed by atoms with E-state index in [1.807, 2.05) is 0 Å². The van der Waals surface area contributed by atoms with Gasteiger partial charge in [0.25, 0.3) is 17.1 Å². The minimum Gasteiger partial charge on any atom is -0.479 e. The molecule has 13 heteroatoms. The SMILES string of the molecule is CC(=O)OCC1=C(C(=O)O)N2C(=O)C(N=Cc3ccc([N+](=O)[O-])cc3)(C(=O)O)[C@H]2SC1. The van der Waals surface area contributed by atoms with Crippen molar-refractivity contribution in [1.82, 2.24) is 4.90 Å². The number of nitro benzene ring substituents is 1. The molecule has 162 valence electrons. The van der Waals surface area contributed by atoms with E-state index in [2.05, 4.69) is 4.99 Å². The summed E-state index contributed by atoms with van der Waals surface area (Å²) in [5, 5.41) is 28.9. The first-order valence-electron chi connectivity index (χ1n) is 8.66. The van der Waals surface area contributed by atoms with E-state index < -0.39 is 45.3 Å². The van der Waals surface area contributed by atoms with Crippen LogP contribution in [-0.4, -0.2) is 73.3 Å². The number of nitro groups is 1. The molecule has 1 amide bonds. The fourth-order valence-corrected chi connectivity index (χ4v) is 4.56. The summed E-state index contributed by atoms with van der Waals surface area (Å²) in [6, 6.07) is 5.08. The molecule has 1 aromatic carbocycles. The Balaban J connectivity index is 1.93. The molecule has 2 aliphatic rings. The monoisotopic (exact) mass is 449 g/mol. The quantitative estimate of drug-likeness (QED) is 0.150. The number of benzene rings is 1. The average molecular weight is 449 g/mol. The smallest absolute Gasteiger partial charge is 0.352 e. The molecule has 1 unspecified atom stereocenters. The summed E-state index contributed by atoms with van der Waals surface area (Å²) in [7, 11) is 0. The molecule has 0 aromatic heterocycles. The second kappa shape index (κ2) is 8.18. The van der Waals surface area contributed by atoms with Crippen molar-refractivity contribution in [2.24, 2.45) is 4.99 Å². The number of ether oxygens (including phenoxy) is 1. The van der Waals surface area contributed by atoms with Gasteiger partial charge in [-0.25, -0.2) is 9.59 Å². The third kappa shape index (κ3) is 3.74. The van der Waals surface area contributed by atoms with Gasteiger partial charge in [-0.15, -0.1) is 11.8 Å². The van der Waals surface area contributed by atoms with Gasteiger partial charge in [-0.1, -0.05) is 0 Å². The average Bonchev–Trinajstić information content (AvgIpc) is 2.71. The van der Waals surface area contributed by atoms with Crippen LogP contribution < -0.4 is 0 Å². The molecule has 12 nitrogen and oxygen atoms in total. The number of esters is 1. The third-order valence-electron chi connectivity index (χ3n) is 4.63. The highest BCUT2D eigenvalue weighted by Gasteiger charge is 2.69. The van der Waals surface area contributed by atoms with Gasteiger partial charge in [0, 0.05) is 36.6 Å². The second-order valence-electron chi connectivity index (χ2n) is 6.55. The number of carbonyl (C=O) groups excluding carboxylic acids is 2. The number of amides is 1. The molecule has 1 fully saturated rings. The number of non-ortho nitro benzene ring substituents is 1. The van der Waals surface area contributed by atoms with Crippen LogP contribution >= 0.6 is 11.8 Å². The highest BCUT2D eigenvalue weighted by molar-refractivity contribution is 8.00. The zero-order valence-electron chi connectivity index (χ0n) is 15.9. The van der Waals surface area contributed by atoms with E-state index >= 15 is 0 Å². The first-order chi connectivity index (χ1) is 14.6. The number of carboxylic acid groups (broad SMARTS) is 2. The molecule has 1 aromatic rings. The van der Waals surface area contributed by atoms with Gasteiger partial charge < -0.3 is 14.9 Å². The van der Waals surface area contributed by atoms with E-state index in [0.29, 0.717) is 5.56 Å². The summed E-state index contributed by atoms with van der Waals surface area (Å²) >= 11 is 0.983. The van der Waals surface area contributed by atoms with E-state index in [9.17, 15) is 39.5 Å². The standard InChI is InChI=1S/C18H15N3O9S/c1-9(22)30-7-11-8-31-16-18(17(26)27,15(25)20(16)13(11)14(23)24)19-6-10-2-4-12(5-3-10)21(28)29/h2-6,16H,7-8H2,1H3,(H,23,24)(H,26,27)/t16-,18?/m1/s1. The molecule has 3 rings (SSSR count). The van der Waals surface area contributed by atoms with E-state index in [1.54, 1.807) is 0 Å². The molecule has 2 heterocycles. The third-order valence-corrected chi connectivity index (χ3v) is 6.01. The van der Waals surface area contributed by atoms with Crippen molar-refractivity contribution in [2.75, 3.05) is 12.4 Å². The Bertz CT molecular complexity index is 1050. The lowest BCUT2D eigenvalue weighted by molar-refractivity contribution is -0.384. The van der Waals surface area contributed by atoms with Gasteiger partial charge in [-0.05, 0) is 17.7 Å².